The number of hydrogen-bond acceptors (Lipinski definition) is 3. The van der Waals surface area contributed by atoms with E-state index in [2.05, 4.69) is 5.10 Å². The second-order valence-electron chi connectivity index (χ2n) is 6.00. The highest BCUT2D eigenvalue weighted by Crippen LogP contribution is 2.31. The molecule has 1 aliphatic heterocycles. The van der Waals surface area contributed by atoms with Gasteiger partial charge in [0.2, 0.25) is 0 Å². The van der Waals surface area contributed by atoms with E-state index in [1.807, 2.05) is 53.2 Å². The van der Waals surface area contributed by atoms with Crippen LogP contribution in [0.1, 0.15) is 41.5 Å². The van der Waals surface area contributed by atoms with Gasteiger partial charge in [0.15, 0.2) is 5.65 Å². The van der Waals surface area contributed by atoms with E-state index in [0.717, 1.165) is 42.8 Å². The molecule has 1 saturated heterocycles. The summed E-state index contributed by atoms with van der Waals surface area (Å²) in [5.74, 6) is 0.0809. The molecular formula is C17H19N5O. The summed E-state index contributed by atoms with van der Waals surface area (Å²) in [4.78, 5) is 19.6. The Kier molecular flexibility index (Phi) is 3.37. The van der Waals surface area contributed by atoms with Crippen LogP contribution in [-0.4, -0.2) is 36.5 Å². The molecule has 4 rings (SSSR count). The van der Waals surface area contributed by atoms with E-state index in [9.17, 15) is 4.79 Å². The molecule has 6 nitrogen and oxygen atoms in total. The Balaban J connectivity index is 1.70. The zero-order valence-electron chi connectivity index (χ0n) is 13.1. The van der Waals surface area contributed by atoms with Crippen LogP contribution in [0.3, 0.4) is 0 Å². The molecule has 1 atom stereocenters. The van der Waals surface area contributed by atoms with Gasteiger partial charge in [0.1, 0.15) is 5.69 Å². The minimum atomic E-state index is 0.0334. The van der Waals surface area contributed by atoms with Gasteiger partial charge in [-0.1, -0.05) is 0 Å². The van der Waals surface area contributed by atoms with E-state index in [0.29, 0.717) is 0 Å². The van der Waals surface area contributed by atoms with Crippen molar-refractivity contribution in [3.8, 4) is 0 Å². The fourth-order valence-corrected chi connectivity index (χ4v) is 3.33. The van der Waals surface area contributed by atoms with Crippen LogP contribution in [0.25, 0.3) is 5.65 Å². The zero-order chi connectivity index (χ0) is 15.8. The van der Waals surface area contributed by atoms with Crippen molar-refractivity contribution in [2.24, 2.45) is 7.05 Å². The monoisotopic (exact) mass is 309 g/mol. The van der Waals surface area contributed by atoms with Crippen molar-refractivity contribution in [3.05, 3.63) is 54.2 Å². The molecule has 118 valence electrons. The van der Waals surface area contributed by atoms with Crippen LogP contribution in [-0.2, 0) is 7.05 Å². The van der Waals surface area contributed by atoms with Gasteiger partial charge >= 0.3 is 0 Å². The zero-order valence-corrected chi connectivity index (χ0v) is 13.1. The van der Waals surface area contributed by atoms with Crippen molar-refractivity contribution < 1.29 is 4.79 Å². The molecule has 1 fully saturated rings. The molecule has 0 bridgehead atoms. The quantitative estimate of drug-likeness (QED) is 0.730. The number of aromatic nitrogens is 4. The van der Waals surface area contributed by atoms with E-state index in [1.54, 1.807) is 10.7 Å². The van der Waals surface area contributed by atoms with Gasteiger partial charge in [-0.25, -0.2) is 9.50 Å². The Labute approximate surface area is 134 Å². The summed E-state index contributed by atoms with van der Waals surface area (Å²) >= 11 is 0. The maximum atomic E-state index is 12.9. The van der Waals surface area contributed by atoms with E-state index in [4.69, 9.17) is 4.98 Å². The number of amides is 1. The number of rotatable bonds is 2. The fraction of sp³-hybridized carbons (Fsp3) is 0.353. The van der Waals surface area contributed by atoms with Crippen molar-refractivity contribution in [2.45, 2.75) is 25.3 Å². The molecular weight excluding hydrogens is 290 g/mol. The van der Waals surface area contributed by atoms with Crippen LogP contribution >= 0.6 is 0 Å². The summed E-state index contributed by atoms with van der Waals surface area (Å²) in [6, 6.07) is 7.67. The van der Waals surface area contributed by atoms with Crippen LogP contribution < -0.4 is 0 Å². The molecule has 0 radical (unpaired) electrons. The molecule has 1 unspecified atom stereocenters. The molecule has 3 aromatic heterocycles. The number of fused-ring (bicyclic) bond motifs is 1. The Hall–Kier alpha value is -2.63. The number of likely N-dealkylation sites (tertiary alicyclic amines) is 1. The maximum absolute atomic E-state index is 12.9. The first-order valence-corrected chi connectivity index (χ1v) is 7.96. The molecule has 6 heteroatoms. The largest absolute Gasteiger partial charge is 0.347 e. The number of hydrogen-bond donors (Lipinski definition) is 0. The molecule has 3 aromatic rings. The summed E-state index contributed by atoms with van der Waals surface area (Å²) in [6.07, 6.45) is 8.67. The lowest BCUT2D eigenvalue weighted by Crippen LogP contribution is -2.39. The van der Waals surface area contributed by atoms with E-state index >= 15 is 0 Å². The van der Waals surface area contributed by atoms with Gasteiger partial charge in [0, 0.05) is 32.1 Å². The van der Waals surface area contributed by atoms with Crippen molar-refractivity contribution in [2.75, 3.05) is 6.54 Å². The van der Waals surface area contributed by atoms with E-state index in [-0.39, 0.29) is 11.9 Å². The lowest BCUT2D eigenvalue weighted by Gasteiger charge is -2.35. The maximum Gasteiger partial charge on any atom is 0.271 e. The van der Waals surface area contributed by atoms with Gasteiger partial charge < -0.3 is 9.47 Å². The number of aryl methyl sites for hydroxylation is 1. The molecule has 1 aliphatic rings. The number of nitrogens with zero attached hydrogens (tertiary/aromatic N) is 5. The highest BCUT2D eigenvalue weighted by Gasteiger charge is 2.30. The molecule has 4 heterocycles. The lowest BCUT2D eigenvalue weighted by atomic mass is 9.98. The molecule has 1 amide bonds. The summed E-state index contributed by atoms with van der Waals surface area (Å²) < 4.78 is 3.62. The highest BCUT2D eigenvalue weighted by molar-refractivity contribution is 5.93. The summed E-state index contributed by atoms with van der Waals surface area (Å²) in [6.45, 7) is 0.779. The van der Waals surface area contributed by atoms with Crippen LogP contribution in [0.5, 0.6) is 0 Å². The number of carbonyl (C=O) groups is 1. The summed E-state index contributed by atoms with van der Waals surface area (Å²) in [5, 5.41) is 4.18. The predicted octanol–water partition coefficient (Wildman–Crippen LogP) is 2.44. The molecule has 0 spiro atoms. The summed E-state index contributed by atoms with van der Waals surface area (Å²) in [7, 11) is 1.91. The van der Waals surface area contributed by atoms with Crippen LogP contribution in [0.4, 0.5) is 0 Å². The molecule has 0 saturated carbocycles. The molecule has 0 aromatic carbocycles. The summed E-state index contributed by atoms with van der Waals surface area (Å²) in [5.41, 5.74) is 2.49. The minimum absolute atomic E-state index is 0.0334. The predicted molar refractivity (Wildman–Crippen MR) is 86.0 cm³/mol. The van der Waals surface area contributed by atoms with Crippen molar-refractivity contribution in [3.63, 3.8) is 0 Å². The Morgan fingerprint density at radius 1 is 1.22 bits per heavy atom. The average molecular weight is 309 g/mol. The topological polar surface area (TPSA) is 55.4 Å². The van der Waals surface area contributed by atoms with Crippen LogP contribution in [0, 0.1) is 0 Å². The normalized spacial score (nSPS) is 18.5. The Morgan fingerprint density at radius 2 is 2.13 bits per heavy atom. The second-order valence-corrected chi connectivity index (χ2v) is 6.00. The smallest absolute Gasteiger partial charge is 0.271 e. The van der Waals surface area contributed by atoms with E-state index in [1.165, 1.54) is 0 Å². The first-order chi connectivity index (χ1) is 11.2. The van der Waals surface area contributed by atoms with Crippen LogP contribution in [0.15, 0.2) is 42.9 Å². The number of carbonyl (C=O) groups excluding carboxylic acids is 1. The fourth-order valence-electron chi connectivity index (χ4n) is 3.33. The van der Waals surface area contributed by atoms with Crippen LogP contribution in [0.2, 0.25) is 0 Å². The highest BCUT2D eigenvalue weighted by atomic mass is 16.2. The van der Waals surface area contributed by atoms with Crippen molar-refractivity contribution in [1.29, 1.82) is 0 Å². The van der Waals surface area contributed by atoms with Gasteiger partial charge in [-0.15, -0.1) is 0 Å². The first-order valence-electron chi connectivity index (χ1n) is 7.96. The van der Waals surface area contributed by atoms with Gasteiger partial charge in [0.25, 0.3) is 5.91 Å². The Morgan fingerprint density at radius 3 is 2.96 bits per heavy atom. The standard InChI is InChI=1S/C17H19N5O/c1-20-10-4-6-15(20)17(23)21-11-3-2-5-14(21)13-8-12-22-16(19-13)7-9-18-22/h4,6-10,12,14H,2-3,5,11H2,1H3. The Bertz CT molecular complexity index is 849. The first kappa shape index (κ1) is 14.0. The number of piperidine rings is 1. The van der Waals surface area contributed by atoms with Gasteiger partial charge in [-0.05, 0) is 37.5 Å². The van der Waals surface area contributed by atoms with Gasteiger partial charge in [-0.2, -0.15) is 5.10 Å². The van der Waals surface area contributed by atoms with Crippen molar-refractivity contribution >= 4 is 11.6 Å². The lowest BCUT2D eigenvalue weighted by molar-refractivity contribution is 0.0596. The molecule has 0 aliphatic carbocycles. The van der Waals surface area contributed by atoms with Gasteiger partial charge in [-0.3, -0.25) is 4.79 Å². The third kappa shape index (κ3) is 2.40. The third-order valence-corrected chi connectivity index (χ3v) is 4.55. The SMILES string of the molecule is Cn1cccc1C(=O)N1CCCCC1c1ccn2nccc2n1. The minimum Gasteiger partial charge on any atom is -0.347 e. The van der Waals surface area contributed by atoms with Crippen molar-refractivity contribution in [1.82, 2.24) is 24.1 Å². The third-order valence-electron chi connectivity index (χ3n) is 4.55. The van der Waals surface area contributed by atoms with Gasteiger partial charge in [0.05, 0.1) is 17.9 Å². The molecule has 0 N–H and O–H groups in total. The molecule has 23 heavy (non-hydrogen) atoms. The van der Waals surface area contributed by atoms with E-state index < -0.39 is 0 Å². The second kappa shape index (κ2) is 5.53. The average Bonchev–Trinajstić information content (AvgIpc) is 3.22.